The van der Waals surface area contributed by atoms with E-state index < -0.39 is 0 Å². The molecule has 4 heteroatoms. The summed E-state index contributed by atoms with van der Waals surface area (Å²) in [5.74, 6) is 0.844. The van der Waals surface area contributed by atoms with Gasteiger partial charge in [0.1, 0.15) is 5.75 Å². The third-order valence-electron chi connectivity index (χ3n) is 2.77. The number of nitrogens with one attached hydrogen (secondary N) is 1. The van der Waals surface area contributed by atoms with Gasteiger partial charge in [0, 0.05) is 25.0 Å². The fraction of sp³-hybridized carbons (Fsp3) is 0.214. The Labute approximate surface area is 106 Å². The number of nitrogens with zero attached hydrogens (tertiary/aromatic N) is 1. The Kier molecular flexibility index (Phi) is 3.67. The zero-order valence-electron chi connectivity index (χ0n) is 10.5. The lowest BCUT2D eigenvalue weighted by Gasteiger charge is -2.18. The van der Waals surface area contributed by atoms with Crippen molar-refractivity contribution in [2.24, 2.45) is 0 Å². The van der Waals surface area contributed by atoms with Gasteiger partial charge in [-0.1, -0.05) is 6.07 Å². The largest absolute Gasteiger partial charge is 0.497 e. The Morgan fingerprint density at radius 1 is 1.33 bits per heavy atom. The first kappa shape index (κ1) is 12.2. The highest BCUT2D eigenvalue weighted by Crippen LogP contribution is 2.19. The summed E-state index contributed by atoms with van der Waals surface area (Å²) < 4.78 is 5.16. The van der Waals surface area contributed by atoms with Gasteiger partial charge in [-0.3, -0.25) is 4.79 Å². The highest BCUT2D eigenvalue weighted by Gasteiger charge is 2.10. The number of carbonyl (C=O) groups is 1. The van der Waals surface area contributed by atoms with Crippen LogP contribution in [0.2, 0.25) is 0 Å². The molecule has 0 radical (unpaired) electrons. The van der Waals surface area contributed by atoms with Crippen LogP contribution in [-0.4, -0.2) is 31.5 Å². The van der Waals surface area contributed by atoms with Crippen LogP contribution >= 0.6 is 0 Å². The zero-order chi connectivity index (χ0) is 13.0. The molecule has 1 aromatic heterocycles. The van der Waals surface area contributed by atoms with Crippen LogP contribution in [0, 0.1) is 0 Å². The smallest absolute Gasteiger partial charge is 0.198 e. The van der Waals surface area contributed by atoms with Gasteiger partial charge in [0.25, 0.3) is 0 Å². The van der Waals surface area contributed by atoms with Crippen LogP contribution in [0.15, 0.2) is 42.6 Å². The second kappa shape index (κ2) is 5.40. The van der Waals surface area contributed by atoms with E-state index in [1.165, 1.54) is 0 Å². The van der Waals surface area contributed by atoms with Crippen molar-refractivity contribution in [1.82, 2.24) is 4.98 Å². The summed E-state index contributed by atoms with van der Waals surface area (Å²) in [7, 11) is 3.51. The van der Waals surface area contributed by atoms with E-state index in [9.17, 15) is 4.79 Å². The van der Waals surface area contributed by atoms with Gasteiger partial charge in [-0.2, -0.15) is 0 Å². The number of rotatable bonds is 5. The summed E-state index contributed by atoms with van der Waals surface area (Å²) in [6, 6.07) is 11.2. The van der Waals surface area contributed by atoms with Crippen LogP contribution in [0.5, 0.6) is 5.75 Å². The van der Waals surface area contributed by atoms with E-state index >= 15 is 0 Å². The molecule has 2 aromatic rings. The summed E-state index contributed by atoms with van der Waals surface area (Å²) in [6.45, 7) is 0.327. The van der Waals surface area contributed by atoms with Crippen molar-refractivity contribution in [1.29, 1.82) is 0 Å². The second-order valence-corrected chi connectivity index (χ2v) is 4.06. The number of anilines is 1. The molecule has 0 amide bonds. The Balaban J connectivity index is 2.07. The number of benzene rings is 1. The number of hydrogen-bond acceptors (Lipinski definition) is 3. The molecule has 0 saturated heterocycles. The van der Waals surface area contributed by atoms with E-state index in [4.69, 9.17) is 4.74 Å². The molecular formula is C14H16N2O2. The number of likely N-dealkylation sites (N-methyl/N-ethyl adjacent to an activating group) is 1. The lowest BCUT2D eigenvalue weighted by molar-refractivity contribution is 0.0996. The lowest BCUT2D eigenvalue weighted by atomic mass is 10.2. The fourth-order valence-electron chi connectivity index (χ4n) is 1.74. The van der Waals surface area contributed by atoms with E-state index in [0.717, 1.165) is 11.4 Å². The third-order valence-corrected chi connectivity index (χ3v) is 2.77. The molecule has 1 N–H and O–H groups in total. The molecule has 0 bridgehead atoms. The molecule has 0 aliphatic heterocycles. The van der Waals surface area contributed by atoms with E-state index in [1.54, 1.807) is 19.4 Å². The van der Waals surface area contributed by atoms with Crippen LogP contribution < -0.4 is 9.64 Å². The van der Waals surface area contributed by atoms with Gasteiger partial charge in [0.2, 0.25) is 0 Å². The van der Waals surface area contributed by atoms with Crippen molar-refractivity contribution in [3.63, 3.8) is 0 Å². The number of hydrogen-bond donors (Lipinski definition) is 1. The molecule has 0 unspecified atom stereocenters. The Hall–Kier alpha value is -2.23. The zero-order valence-corrected chi connectivity index (χ0v) is 10.5. The monoisotopic (exact) mass is 244 g/mol. The van der Waals surface area contributed by atoms with Gasteiger partial charge in [-0.05, 0) is 24.3 Å². The molecule has 0 aliphatic carbocycles. The fourth-order valence-corrected chi connectivity index (χ4v) is 1.74. The van der Waals surface area contributed by atoms with Crippen molar-refractivity contribution in [2.75, 3.05) is 25.6 Å². The standard InChI is InChI=1S/C14H16N2O2/c1-16(10-14(17)13-7-4-8-15-13)11-5-3-6-12(9-11)18-2/h3-9,15H,10H2,1-2H3. The first-order chi connectivity index (χ1) is 8.70. The molecule has 18 heavy (non-hydrogen) atoms. The van der Waals surface area contributed by atoms with Gasteiger partial charge in [0.05, 0.1) is 19.3 Å². The maximum absolute atomic E-state index is 11.9. The molecule has 0 fully saturated rings. The normalized spacial score (nSPS) is 10.1. The number of ether oxygens (including phenoxy) is 1. The molecule has 2 rings (SSSR count). The first-order valence-corrected chi connectivity index (χ1v) is 5.72. The number of carbonyl (C=O) groups excluding carboxylic acids is 1. The number of aromatic amines is 1. The van der Waals surface area contributed by atoms with Crippen molar-refractivity contribution in [3.8, 4) is 5.75 Å². The lowest BCUT2D eigenvalue weighted by Crippen LogP contribution is -2.25. The summed E-state index contributed by atoms with van der Waals surface area (Å²) in [4.78, 5) is 16.7. The third kappa shape index (κ3) is 2.71. The Bertz CT molecular complexity index is 520. The molecule has 4 nitrogen and oxygen atoms in total. The average Bonchev–Trinajstić information content (AvgIpc) is 2.92. The van der Waals surface area contributed by atoms with Crippen molar-refractivity contribution in [2.45, 2.75) is 0 Å². The second-order valence-electron chi connectivity index (χ2n) is 4.06. The maximum atomic E-state index is 11.9. The molecule has 94 valence electrons. The molecule has 0 saturated carbocycles. The predicted molar refractivity (Wildman–Crippen MR) is 71.4 cm³/mol. The predicted octanol–water partition coefficient (Wildman–Crippen LogP) is 2.34. The summed E-state index contributed by atoms with van der Waals surface area (Å²) in [5.41, 5.74) is 1.58. The van der Waals surface area contributed by atoms with Crippen LogP contribution in [-0.2, 0) is 0 Å². The number of aromatic nitrogens is 1. The van der Waals surface area contributed by atoms with Crippen molar-refractivity contribution < 1.29 is 9.53 Å². The number of H-pyrrole nitrogens is 1. The van der Waals surface area contributed by atoms with Crippen molar-refractivity contribution in [3.05, 3.63) is 48.3 Å². The van der Waals surface area contributed by atoms with Crippen LogP contribution in [0.25, 0.3) is 0 Å². The molecule has 1 aromatic carbocycles. The molecule has 0 spiro atoms. The highest BCUT2D eigenvalue weighted by molar-refractivity contribution is 5.97. The van der Waals surface area contributed by atoms with Gasteiger partial charge >= 0.3 is 0 Å². The highest BCUT2D eigenvalue weighted by atomic mass is 16.5. The van der Waals surface area contributed by atoms with Gasteiger partial charge in [0.15, 0.2) is 5.78 Å². The van der Waals surface area contributed by atoms with Crippen molar-refractivity contribution >= 4 is 11.5 Å². The Morgan fingerprint density at radius 2 is 2.17 bits per heavy atom. The van der Waals surface area contributed by atoms with Gasteiger partial charge in [-0.15, -0.1) is 0 Å². The minimum Gasteiger partial charge on any atom is -0.497 e. The number of ketones is 1. The van der Waals surface area contributed by atoms with Gasteiger partial charge in [-0.25, -0.2) is 0 Å². The quantitative estimate of drug-likeness (QED) is 0.821. The van der Waals surface area contributed by atoms with Gasteiger partial charge < -0.3 is 14.6 Å². The summed E-state index contributed by atoms with van der Waals surface area (Å²) in [6.07, 6.45) is 1.75. The molecule has 0 atom stereocenters. The minimum atomic E-state index is 0.0605. The number of Topliss-reactive ketones (excluding diaryl/α,β-unsaturated/α-hetero) is 1. The van der Waals surface area contributed by atoms with E-state index in [0.29, 0.717) is 12.2 Å². The van der Waals surface area contributed by atoms with Crippen LogP contribution in [0.1, 0.15) is 10.5 Å². The minimum absolute atomic E-state index is 0.0605. The molecule has 0 aliphatic rings. The topological polar surface area (TPSA) is 45.3 Å². The maximum Gasteiger partial charge on any atom is 0.198 e. The van der Waals surface area contributed by atoms with E-state index in [1.807, 2.05) is 42.3 Å². The SMILES string of the molecule is COc1cccc(N(C)CC(=O)c2ccc[nH]2)c1. The summed E-state index contributed by atoms with van der Waals surface area (Å²) in [5, 5.41) is 0. The molecular weight excluding hydrogens is 228 g/mol. The van der Waals surface area contributed by atoms with E-state index in [2.05, 4.69) is 4.98 Å². The molecule has 1 heterocycles. The Morgan fingerprint density at radius 3 is 2.83 bits per heavy atom. The summed E-state index contributed by atoms with van der Waals surface area (Å²) >= 11 is 0. The van der Waals surface area contributed by atoms with E-state index in [-0.39, 0.29) is 5.78 Å². The number of methoxy groups -OCH3 is 1. The van der Waals surface area contributed by atoms with Crippen LogP contribution in [0.4, 0.5) is 5.69 Å². The van der Waals surface area contributed by atoms with Crippen LogP contribution in [0.3, 0.4) is 0 Å². The average molecular weight is 244 g/mol. The first-order valence-electron chi connectivity index (χ1n) is 5.72.